The van der Waals surface area contributed by atoms with E-state index in [-0.39, 0.29) is 17.2 Å². The minimum atomic E-state index is -0.692. The zero-order chi connectivity index (χ0) is 13.7. The van der Waals surface area contributed by atoms with Gasteiger partial charge in [0.1, 0.15) is 15.9 Å². The Labute approximate surface area is 108 Å². The molecule has 0 saturated heterocycles. The van der Waals surface area contributed by atoms with E-state index in [1.54, 1.807) is 13.8 Å². The molecule has 6 nitrogen and oxygen atoms in total. The highest BCUT2D eigenvalue weighted by atomic mass is 32.1. The van der Waals surface area contributed by atoms with Crippen molar-refractivity contribution in [2.75, 3.05) is 19.0 Å². The number of nitrogens with zero attached hydrogens (tertiary/aromatic N) is 1. The number of nitriles is 1. The highest BCUT2D eigenvalue weighted by Crippen LogP contribution is 2.33. The molecule has 0 radical (unpaired) electrons. The van der Waals surface area contributed by atoms with Crippen LogP contribution < -0.4 is 5.32 Å². The molecule has 0 saturated carbocycles. The normalized spacial score (nSPS) is 9.44. The predicted octanol–water partition coefficient (Wildman–Crippen LogP) is 2.28. The van der Waals surface area contributed by atoms with Gasteiger partial charge in [-0.3, -0.25) is 5.32 Å². The molecular formula is C11H12N2O4S. The van der Waals surface area contributed by atoms with Crippen molar-refractivity contribution in [2.24, 2.45) is 0 Å². The monoisotopic (exact) mass is 268 g/mol. The first-order valence-corrected chi connectivity index (χ1v) is 5.92. The smallest absolute Gasteiger partial charge is 0.411 e. The maximum Gasteiger partial charge on any atom is 0.411 e. The lowest BCUT2D eigenvalue weighted by Gasteiger charge is -1.99. The summed E-state index contributed by atoms with van der Waals surface area (Å²) < 4.78 is 9.31. The highest BCUT2D eigenvalue weighted by Gasteiger charge is 2.22. The van der Waals surface area contributed by atoms with Crippen LogP contribution in [0.5, 0.6) is 0 Å². The lowest BCUT2D eigenvalue weighted by atomic mass is 10.2. The van der Waals surface area contributed by atoms with Gasteiger partial charge in [-0.2, -0.15) is 5.26 Å². The fourth-order valence-electron chi connectivity index (χ4n) is 1.27. The molecule has 96 valence electrons. The Hall–Kier alpha value is -2.07. The minimum absolute atomic E-state index is 0.244. The Morgan fingerprint density at radius 3 is 2.67 bits per heavy atom. The number of esters is 1. The molecule has 0 fully saturated rings. The first-order valence-electron chi connectivity index (χ1n) is 5.10. The zero-order valence-corrected chi connectivity index (χ0v) is 11.0. The molecule has 1 N–H and O–H groups in total. The molecule has 18 heavy (non-hydrogen) atoms. The number of carbonyl (C=O) groups is 2. The predicted molar refractivity (Wildman–Crippen MR) is 65.8 cm³/mol. The molecule has 0 aromatic carbocycles. The van der Waals surface area contributed by atoms with E-state index in [9.17, 15) is 9.59 Å². The minimum Gasteiger partial charge on any atom is -0.462 e. The van der Waals surface area contributed by atoms with Crippen LogP contribution in [0.1, 0.15) is 27.7 Å². The fourth-order valence-corrected chi connectivity index (χ4v) is 2.31. The van der Waals surface area contributed by atoms with E-state index in [1.807, 2.05) is 6.07 Å². The van der Waals surface area contributed by atoms with Gasteiger partial charge in [-0.1, -0.05) is 0 Å². The van der Waals surface area contributed by atoms with Crippen LogP contribution in [0.2, 0.25) is 0 Å². The van der Waals surface area contributed by atoms with Crippen molar-refractivity contribution in [3.8, 4) is 6.07 Å². The average molecular weight is 268 g/mol. The van der Waals surface area contributed by atoms with Crippen LogP contribution in [0.15, 0.2) is 0 Å². The van der Waals surface area contributed by atoms with Crippen LogP contribution in [0, 0.1) is 18.3 Å². The molecule has 7 heteroatoms. The first kappa shape index (κ1) is 14.0. The maximum atomic E-state index is 11.6. The van der Waals surface area contributed by atoms with Crippen molar-refractivity contribution < 1.29 is 19.1 Å². The summed E-state index contributed by atoms with van der Waals surface area (Å²) in [5.41, 5.74) is 0.737. The molecule has 0 aliphatic carbocycles. The molecule has 0 aliphatic heterocycles. The Morgan fingerprint density at radius 1 is 1.50 bits per heavy atom. The fraction of sp³-hybridized carbons (Fsp3) is 0.364. The van der Waals surface area contributed by atoms with Gasteiger partial charge in [0.15, 0.2) is 0 Å². The number of amides is 1. The highest BCUT2D eigenvalue weighted by molar-refractivity contribution is 7.18. The summed E-state index contributed by atoms with van der Waals surface area (Å²) in [4.78, 5) is 23.1. The molecule has 0 aliphatic rings. The molecule has 1 heterocycles. The van der Waals surface area contributed by atoms with Crippen LogP contribution in [-0.2, 0) is 9.47 Å². The van der Waals surface area contributed by atoms with E-state index < -0.39 is 12.1 Å². The van der Waals surface area contributed by atoms with Gasteiger partial charge in [0, 0.05) is 0 Å². The summed E-state index contributed by atoms with van der Waals surface area (Å²) >= 11 is 0.993. The zero-order valence-electron chi connectivity index (χ0n) is 10.2. The summed E-state index contributed by atoms with van der Waals surface area (Å²) in [6, 6.07) is 1.94. The summed E-state index contributed by atoms with van der Waals surface area (Å²) in [6.45, 7) is 3.57. The molecular weight excluding hydrogens is 256 g/mol. The third-order valence-corrected chi connectivity index (χ3v) is 3.31. The topological polar surface area (TPSA) is 88.4 Å². The third kappa shape index (κ3) is 2.78. The van der Waals surface area contributed by atoms with Crippen molar-refractivity contribution in [2.45, 2.75) is 13.8 Å². The average Bonchev–Trinajstić information content (AvgIpc) is 2.65. The van der Waals surface area contributed by atoms with E-state index in [2.05, 4.69) is 10.1 Å². The number of carbonyl (C=O) groups excluding carboxylic acids is 2. The summed E-state index contributed by atoms with van der Waals surface area (Å²) in [7, 11) is 1.22. The van der Waals surface area contributed by atoms with Gasteiger partial charge in [0.25, 0.3) is 0 Å². The number of nitrogens with one attached hydrogen (secondary N) is 1. The van der Waals surface area contributed by atoms with Crippen LogP contribution in [-0.4, -0.2) is 25.8 Å². The quantitative estimate of drug-likeness (QED) is 0.849. The standard InChI is InChI=1S/C11H12N2O4S/c1-4-17-10(14)8-6(2)7(5-12)9(18-8)13-11(15)16-3/h4H2,1-3H3,(H,13,15). The number of thiophene rings is 1. The largest absolute Gasteiger partial charge is 0.462 e. The molecule has 0 spiro atoms. The Kier molecular flexibility index (Phi) is 4.68. The summed E-state index contributed by atoms with van der Waals surface area (Å²) in [6.07, 6.45) is -0.692. The van der Waals surface area contributed by atoms with Crippen molar-refractivity contribution in [3.63, 3.8) is 0 Å². The van der Waals surface area contributed by atoms with Gasteiger partial charge in [-0.05, 0) is 19.4 Å². The number of ether oxygens (including phenoxy) is 2. The van der Waals surface area contributed by atoms with Crippen molar-refractivity contribution >= 4 is 28.4 Å². The maximum absolute atomic E-state index is 11.6. The first-order chi connectivity index (χ1) is 8.54. The molecule has 0 atom stereocenters. The molecule has 1 aromatic rings. The SMILES string of the molecule is CCOC(=O)c1sc(NC(=O)OC)c(C#N)c1C. The van der Waals surface area contributed by atoms with Crippen molar-refractivity contribution in [1.29, 1.82) is 5.26 Å². The van der Waals surface area contributed by atoms with E-state index in [0.29, 0.717) is 10.4 Å². The second-order valence-corrected chi connectivity index (χ2v) is 4.23. The van der Waals surface area contributed by atoms with Crippen molar-refractivity contribution in [3.05, 3.63) is 16.0 Å². The van der Waals surface area contributed by atoms with Gasteiger partial charge >= 0.3 is 12.1 Å². The van der Waals surface area contributed by atoms with Crippen LogP contribution in [0.3, 0.4) is 0 Å². The van der Waals surface area contributed by atoms with Gasteiger partial charge in [-0.15, -0.1) is 11.3 Å². The second-order valence-electron chi connectivity index (χ2n) is 3.21. The van der Waals surface area contributed by atoms with Gasteiger partial charge in [-0.25, -0.2) is 9.59 Å². The van der Waals surface area contributed by atoms with Crippen LogP contribution in [0.25, 0.3) is 0 Å². The van der Waals surface area contributed by atoms with E-state index in [4.69, 9.17) is 10.00 Å². The molecule has 1 aromatic heterocycles. The Balaban J connectivity index is 3.14. The number of anilines is 1. The van der Waals surface area contributed by atoms with Gasteiger partial charge in [0.2, 0.25) is 0 Å². The Morgan fingerprint density at radius 2 is 2.17 bits per heavy atom. The second kappa shape index (κ2) is 6.02. The molecule has 1 amide bonds. The molecule has 1 rings (SSSR count). The van der Waals surface area contributed by atoms with Gasteiger partial charge < -0.3 is 9.47 Å². The number of hydrogen-bond donors (Lipinski definition) is 1. The molecule has 0 unspecified atom stereocenters. The summed E-state index contributed by atoms with van der Waals surface area (Å²) in [5.74, 6) is -0.505. The van der Waals surface area contributed by atoms with E-state index in [0.717, 1.165) is 11.3 Å². The number of hydrogen-bond acceptors (Lipinski definition) is 6. The van der Waals surface area contributed by atoms with E-state index >= 15 is 0 Å². The third-order valence-electron chi connectivity index (χ3n) is 2.12. The lowest BCUT2D eigenvalue weighted by molar-refractivity contribution is 0.0531. The Bertz CT molecular complexity index is 516. The van der Waals surface area contributed by atoms with Gasteiger partial charge in [0.05, 0.1) is 19.3 Å². The number of methoxy groups -OCH3 is 1. The van der Waals surface area contributed by atoms with Crippen molar-refractivity contribution in [1.82, 2.24) is 0 Å². The number of rotatable bonds is 3. The van der Waals surface area contributed by atoms with Crippen LogP contribution in [0.4, 0.5) is 9.80 Å². The lowest BCUT2D eigenvalue weighted by Crippen LogP contribution is -2.10. The molecule has 0 bridgehead atoms. The summed E-state index contributed by atoms with van der Waals surface area (Å²) in [5, 5.41) is 11.7. The van der Waals surface area contributed by atoms with E-state index in [1.165, 1.54) is 7.11 Å². The van der Waals surface area contributed by atoms with Crippen LogP contribution >= 0.6 is 11.3 Å².